The van der Waals surface area contributed by atoms with Gasteiger partial charge in [0.15, 0.2) is 0 Å². The fourth-order valence-corrected chi connectivity index (χ4v) is 1.12. The molecule has 0 aliphatic heterocycles. The summed E-state index contributed by atoms with van der Waals surface area (Å²) in [4.78, 5) is 0. The summed E-state index contributed by atoms with van der Waals surface area (Å²) in [5.74, 6) is -0.0464. The molecule has 2 nitrogen and oxygen atoms in total. The second kappa shape index (κ2) is 4.25. The maximum atomic E-state index is 8.78. The van der Waals surface area contributed by atoms with E-state index in [0.29, 0.717) is 11.1 Å². The molecule has 0 N–H and O–H groups in total. The van der Waals surface area contributed by atoms with E-state index in [1.807, 2.05) is 12.1 Å². The van der Waals surface area contributed by atoms with Gasteiger partial charge in [0.2, 0.25) is 0 Å². The Bertz CT molecular complexity index is 433. The third-order valence-electron chi connectivity index (χ3n) is 2.00. The zero-order valence-electron chi connectivity index (χ0n) is 7.70. The van der Waals surface area contributed by atoms with Gasteiger partial charge in [-0.05, 0) is 24.6 Å². The summed E-state index contributed by atoms with van der Waals surface area (Å²) >= 11 is 0. The summed E-state index contributed by atoms with van der Waals surface area (Å²) in [7, 11) is 0. The van der Waals surface area contributed by atoms with E-state index in [4.69, 9.17) is 10.5 Å². The summed E-state index contributed by atoms with van der Waals surface area (Å²) in [6, 6.07) is 9.05. The van der Waals surface area contributed by atoms with Crippen LogP contribution in [-0.4, -0.2) is 0 Å². The van der Waals surface area contributed by atoms with Crippen molar-refractivity contribution in [2.24, 2.45) is 0 Å². The first kappa shape index (κ1) is 10.0. The molecule has 1 aromatic rings. The zero-order valence-corrected chi connectivity index (χ0v) is 7.70. The van der Waals surface area contributed by atoms with Gasteiger partial charge in [-0.15, -0.1) is 6.58 Å². The predicted octanol–water partition coefficient (Wildman–Crippen LogP) is 2.53. The van der Waals surface area contributed by atoms with Crippen LogP contribution in [0.15, 0.2) is 30.9 Å². The molecule has 1 radical (unpaired) electrons. The average Bonchev–Trinajstić information content (AvgIpc) is 2.26. The number of benzene rings is 1. The monoisotopic (exact) mass is 181 g/mol. The van der Waals surface area contributed by atoms with E-state index in [0.717, 1.165) is 5.56 Å². The zero-order chi connectivity index (χ0) is 10.6. The molecule has 0 saturated heterocycles. The summed E-state index contributed by atoms with van der Waals surface area (Å²) in [6.07, 6.45) is 1.70. The Kier molecular flexibility index (Phi) is 3.05. The van der Waals surface area contributed by atoms with Gasteiger partial charge >= 0.3 is 0 Å². The van der Waals surface area contributed by atoms with Crippen LogP contribution in [-0.2, 0) is 0 Å². The fraction of sp³-hybridized carbons (Fsp3) is 0.0833. The van der Waals surface area contributed by atoms with Crippen molar-refractivity contribution in [1.29, 1.82) is 10.5 Å². The Morgan fingerprint density at radius 3 is 2.36 bits per heavy atom. The van der Waals surface area contributed by atoms with E-state index < -0.39 is 0 Å². The molecule has 67 valence electrons. The predicted molar refractivity (Wildman–Crippen MR) is 54.2 cm³/mol. The quantitative estimate of drug-likeness (QED) is 0.658. The molecule has 0 saturated carbocycles. The van der Waals surface area contributed by atoms with E-state index in [-0.39, 0.29) is 5.92 Å². The first-order valence-corrected chi connectivity index (χ1v) is 4.12. The lowest BCUT2D eigenvalue weighted by Gasteiger charge is -2.06. The van der Waals surface area contributed by atoms with Crippen LogP contribution in [0, 0.1) is 29.6 Å². The highest BCUT2D eigenvalue weighted by molar-refractivity contribution is 5.48. The highest BCUT2D eigenvalue weighted by atomic mass is 14.3. The summed E-state index contributed by atoms with van der Waals surface area (Å²) in [5, 5.41) is 17.5. The van der Waals surface area contributed by atoms with E-state index in [2.05, 4.69) is 13.5 Å². The van der Waals surface area contributed by atoms with Crippen LogP contribution in [0.5, 0.6) is 0 Å². The van der Waals surface area contributed by atoms with Gasteiger partial charge in [-0.1, -0.05) is 12.1 Å². The van der Waals surface area contributed by atoms with Crippen LogP contribution in [0.1, 0.15) is 22.6 Å². The van der Waals surface area contributed by atoms with E-state index in [9.17, 15) is 0 Å². The Morgan fingerprint density at radius 2 is 1.86 bits per heavy atom. The molecule has 1 atom stereocenters. The highest BCUT2D eigenvalue weighted by Gasteiger charge is 2.05. The maximum absolute atomic E-state index is 8.78. The summed E-state index contributed by atoms with van der Waals surface area (Å²) in [6.45, 7) is 7.47. The molecular formula is C12H9N2. The molecule has 1 unspecified atom stereocenters. The van der Waals surface area contributed by atoms with E-state index in [1.54, 1.807) is 24.3 Å². The lowest BCUT2D eigenvalue weighted by atomic mass is 9.97. The molecule has 1 rings (SSSR count). The smallest absolute Gasteiger partial charge is 0.101 e. The van der Waals surface area contributed by atoms with E-state index in [1.165, 1.54) is 0 Å². The first-order chi connectivity index (χ1) is 6.72. The van der Waals surface area contributed by atoms with Crippen molar-refractivity contribution in [3.05, 3.63) is 54.5 Å². The summed E-state index contributed by atoms with van der Waals surface area (Å²) < 4.78 is 0. The third kappa shape index (κ3) is 1.81. The van der Waals surface area contributed by atoms with Crippen LogP contribution < -0.4 is 0 Å². The molecule has 0 fully saturated rings. The standard InChI is InChI=1S/C12H9N2/c1-3-9(2)10-4-5-11(7-13)12(6-10)8-14/h3-6,9H,1-2H2. The van der Waals surface area contributed by atoms with Crippen molar-refractivity contribution in [2.45, 2.75) is 5.92 Å². The van der Waals surface area contributed by atoms with Crippen LogP contribution in [0.3, 0.4) is 0 Å². The number of nitrogens with zero attached hydrogens (tertiary/aromatic N) is 2. The van der Waals surface area contributed by atoms with Gasteiger partial charge in [0.25, 0.3) is 0 Å². The molecule has 0 amide bonds. The van der Waals surface area contributed by atoms with Gasteiger partial charge in [-0.2, -0.15) is 10.5 Å². The Labute approximate surface area is 83.7 Å². The second-order valence-electron chi connectivity index (χ2n) is 2.87. The minimum atomic E-state index is -0.0464. The molecule has 2 heteroatoms. The van der Waals surface area contributed by atoms with E-state index >= 15 is 0 Å². The molecule has 14 heavy (non-hydrogen) atoms. The molecule has 1 aromatic carbocycles. The molecule has 0 spiro atoms. The van der Waals surface area contributed by atoms with Gasteiger partial charge in [0.05, 0.1) is 11.1 Å². The Hall–Kier alpha value is -2.06. The minimum Gasteiger partial charge on any atom is -0.192 e. The molecule has 0 bridgehead atoms. The third-order valence-corrected chi connectivity index (χ3v) is 2.00. The lowest BCUT2D eigenvalue weighted by Crippen LogP contribution is -1.92. The Morgan fingerprint density at radius 1 is 1.21 bits per heavy atom. The Balaban J connectivity index is 3.24. The largest absolute Gasteiger partial charge is 0.192 e. The number of allylic oxidation sites excluding steroid dienone is 1. The van der Waals surface area contributed by atoms with Crippen molar-refractivity contribution in [3.63, 3.8) is 0 Å². The van der Waals surface area contributed by atoms with Crippen molar-refractivity contribution in [2.75, 3.05) is 0 Å². The van der Waals surface area contributed by atoms with Crippen molar-refractivity contribution in [1.82, 2.24) is 0 Å². The van der Waals surface area contributed by atoms with Crippen LogP contribution in [0.25, 0.3) is 0 Å². The maximum Gasteiger partial charge on any atom is 0.101 e. The van der Waals surface area contributed by atoms with Crippen LogP contribution in [0.2, 0.25) is 0 Å². The van der Waals surface area contributed by atoms with Crippen molar-refractivity contribution < 1.29 is 0 Å². The van der Waals surface area contributed by atoms with Crippen LogP contribution >= 0.6 is 0 Å². The number of hydrogen-bond donors (Lipinski definition) is 0. The van der Waals surface area contributed by atoms with Crippen molar-refractivity contribution >= 4 is 0 Å². The van der Waals surface area contributed by atoms with Gasteiger partial charge in [0.1, 0.15) is 12.1 Å². The highest BCUT2D eigenvalue weighted by Crippen LogP contribution is 2.18. The van der Waals surface area contributed by atoms with Gasteiger partial charge in [0, 0.05) is 5.92 Å². The molecule has 0 aromatic heterocycles. The van der Waals surface area contributed by atoms with Crippen molar-refractivity contribution in [3.8, 4) is 12.1 Å². The number of nitriles is 2. The van der Waals surface area contributed by atoms with Gasteiger partial charge in [-0.25, -0.2) is 0 Å². The second-order valence-corrected chi connectivity index (χ2v) is 2.87. The normalized spacial score (nSPS) is 11.1. The average molecular weight is 181 g/mol. The fourth-order valence-electron chi connectivity index (χ4n) is 1.12. The minimum absolute atomic E-state index is 0.0464. The lowest BCUT2D eigenvalue weighted by molar-refractivity contribution is 1.08. The molecule has 0 aliphatic carbocycles. The van der Waals surface area contributed by atoms with Gasteiger partial charge < -0.3 is 0 Å². The molecule has 0 aliphatic rings. The first-order valence-electron chi connectivity index (χ1n) is 4.12. The van der Waals surface area contributed by atoms with Crippen LogP contribution in [0.4, 0.5) is 0 Å². The number of rotatable bonds is 2. The van der Waals surface area contributed by atoms with Gasteiger partial charge in [-0.3, -0.25) is 0 Å². The topological polar surface area (TPSA) is 47.6 Å². The molecule has 0 heterocycles. The molecular weight excluding hydrogens is 172 g/mol. The SMILES string of the molecule is [CH2]C(C=C)c1ccc(C#N)c(C#N)c1. The number of hydrogen-bond acceptors (Lipinski definition) is 2. The summed E-state index contributed by atoms with van der Waals surface area (Å²) in [5.41, 5.74) is 1.68.